The molecule has 1 aliphatic carbocycles. The summed E-state index contributed by atoms with van der Waals surface area (Å²) in [6.07, 6.45) is 4.07. The van der Waals surface area contributed by atoms with Crippen LogP contribution in [0.3, 0.4) is 0 Å². The third kappa shape index (κ3) is 4.11. The van der Waals surface area contributed by atoms with Gasteiger partial charge in [0.15, 0.2) is 0 Å². The van der Waals surface area contributed by atoms with Crippen molar-refractivity contribution in [2.24, 2.45) is 11.3 Å². The second-order valence-electron chi connectivity index (χ2n) is 7.80. The first-order valence-corrected chi connectivity index (χ1v) is 9.67. The number of nitrogens with one attached hydrogen (secondary N) is 1. The van der Waals surface area contributed by atoms with Crippen LogP contribution >= 0.6 is 0 Å². The van der Waals surface area contributed by atoms with Gasteiger partial charge >= 0.3 is 0 Å². The zero-order valence-corrected chi connectivity index (χ0v) is 15.3. The smallest absolute Gasteiger partial charge is 0.208 e. The predicted octanol–water partition coefficient (Wildman–Crippen LogP) is 4.19. The summed E-state index contributed by atoms with van der Waals surface area (Å²) in [6.45, 7) is 10.7. The Morgan fingerprint density at radius 2 is 1.64 bits per heavy atom. The van der Waals surface area contributed by atoms with E-state index in [0.717, 1.165) is 36.8 Å². The summed E-state index contributed by atoms with van der Waals surface area (Å²) in [4.78, 5) is 0.413. The van der Waals surface area contributed by atoms with Crippen LogP contribution in [0, 0.1) is 25.2 Å². The van der Waals surface area contributed by atoms with Gasteiger partial charge in [0.05, 0.1) is 4.90 Å². The minimum Gasteiger partial charge on any atom is -0.208 e. The Kier molecular flexibility index (Phi) is 5.03. The van der Waals surface area contributed by atoms with E-state index in [9.17, 15) is 8.42 Å². The lowest BCUT2D eigenvalue weighted by Gasteiger charge is -2.37. The van der Waals surface area contributed by atoms with Gasteiger partial charge in [-0.15, -0.1) is 0 Å². The third-order valence-corrected chi connectivity index (χ3v) is 6.57. The van der Waals surface area contributed by atoms with Crippen LogP contribution in [0.4, 0.5) is 0 Å². The van der Waals surface area contributed by atoms with Gasteiger partial charge in [-0.25, -0.2) is 13.1 Å². The molecular formula is C18H29NO2S. The molecule has 0 amide bonds. The summed E-state index contributed by atoms with van der Waals surface area (Å²) >= 11 is 0. The predicted molar refractivity (Wildman–Crippen MR) is 91.4 cm³/mol. The molecule has 0 heterocycles. The molecule has 0 bridgehead atoms. The van der Waals surface area contributed by atoms with Crippen molar-refractivity contribution >= 4 is 10.0 Å². The highest BCUT2D eigenvalue weighted by Crippen LogP contribution is 2.38. The molecule has 1 fully saturated rings. The molecule has 3 nitrogen and oxygen atoms in total. The molecule has 0 atom stereocenters. The van der Waals surface area contributed by atoms with Crippen molar-refractivity contribution in [1.29, 1.82) is 0 Å². The van der Waals surface area contributed by atoms with Crippen LogP contribution < -0.4 is 4.72 Å². The van der Waals surface area contributed by atoms with Crippen LogP contribution in [0.15, 0.2) is 23.1 Å². The quantitative estimate of drug-likeness (QED) is 0.906. The normalized spacial score (nSPS) is 23.5. The molecule has 0 radical (unpaired) electrons. The van der Waals surface area contributed by atoms with E-state index < -0.39 is 10.0 Å². The van der Waals surface area contributed by atoms with Crippen molar-refractivity contribution in [3.63, 3.8) is 0 Å². The summed E-state index contributed by atoms with van der Waals surface area (Å²) < 4.78 is 28.1. The van der Waals surface area contributed by atoms with E-state index in [1.54, 1.807) is 6.07 Å². The Bertz CT molecular complexity index is 621. The fourth-order valence-electron chi connectivity index (χ4n) is 3.46. The van der Waals surface area contributed by atoms with Crippen molar-refractivity contribution in [2.45, 2.75) is 71.2 Å². The summed E-state index contributed by atoms with van der Waals surface area (Å²) in [6, 6.07) is 5.57. The van der Waals surface area contributed by atoms with E-state index in [2.05, 4.69) is 25.5 Å². The molecule has 1 aromatic carbocycles. The van der Waals surface area contributed by atoms with Gasteiger partial charge in [0.2, 0.25) is 10.0 Å². The Morgan fingerprint density at radius 1 is 1.05 bits per heavy atom. The van der Waals surface area contributed by atoms with E-state index in [1.807, 2.05) is 26.0 Å². The molecule has 0 spiro atoms. The van der Waals surface area contributed by atoms with E-state index >= 15 is 0 Å². The highest BCUT2D eigenvalue weighted by Gasteiger charge is 2.31. The second-order valence-corrected chi connectivity index (χ2v) is 9.49. The number of aryl methyl sites for hydroxylation is 2. The topological polar surface area (TPSA) is 46.2 Å². The summed E-state index contributed by atoms with van der Waals surface area (Å²) in [7, 11) is -3.41. The maximum absolute atomic E-state index is 12.6. The molecule has 124 valence electrons. The average Bonchev–Trinajstić information content (AvgIpc) is 2.37. The lowest BCUT2D eigenvalue weighted by atomic mass is 9.71. The number of hydrogen-bond acceptors (Lipinski definition) is 2. The molecule has 1 N–H and O–H groups in total. The first kappa shape index (κ1) is 17.5. The van der Waals surface area contributed by atoms with Gasteiger partial charge in [-0.1, -0.05) is 38.5 Å². The van der Waals surface area contributed by atoms with Gasteiger partial charge in [0.1, 0.15) is 0 Å². The molecule has 2 rings (SSSR count). The zero-order valence-electron chi connectivity index (χ0n) is 14.4. The van der Waals surface area contributed by atoms with Gasteiger partial charge < -0.3 is 0 Å². The van der Waals surface area contributed by atoms with Gasteiger partial charge in [0, 0.05) is 6.04 Å². The van der Waals surface area contributed by atoms with Crippen molar-refractivity contribution in [2.75, 3.05) is 0 Å². The SMILES string of the molecule is Cc1ccc(S(=O)(=O)NC2CCC(C(C)(C)C)CC2)c(C)c1. The Morgan fingerprint density at radius 3 is 2.14 bits per heavy atom. The average molecular weight is 324 g/mol. The van der Waals surface area contributed by atoms with Crippen LogP contribution in [0.2, 0.25) is 0 Å². The lowest BCUT2D eigenvalue weighted by molar-refractivity contribution is 0.166. The van der Waals surface area contributed by atoms with Crippen LogP contribution in [-0.4, -0.2) is 14.5 Å². The van der Waals surface area contributed by atoms with Gasteiger partial charge in [0.25, 0.3) is 0 Å². The van der Waals surface area contributed by atoms with Crippen molar-refractivity contribution in [1.82, 2.24) is 4.72 Å². The fraction of sp³-hybridized carbons (Fsp3) is 0.667. The first-order chi connectivity index (χ1) is 10.1. The maximum Gasteiger partial charge on any atom is 0.241 e. The Labute approximate surface area is 135 Å². The Hall–Kier alpha value is -0.870. The molecule has 22 heavy (non-hydrogen) atoms. The standard InChI is InChI=1S/C18H29NO2S/c1-13-6-11-17(14(2)12-13)22(20,21)19-16-9-7-15(8-10-16)18(3,4)5/h6,11-12,15-16,19H,7-10H2,1-5H3. The summed E-state index contributed by atoms with van der Waals surface area (Å²) in [5.74, 6) is 0.689. The molecule has 0 aromatic heterocycles. The van der Waals surface area contributed by atoms with Crippen molar-refractivity contribution in [3.05, 3.63) is 29.3 Å². The highest BCUT2D eigenvalue weighted by atomic mass is 32.2. The number of rotatable bonds is 3. The third-order valence-electron chi connectivity index (χ3n) is 4.89. The lowest BCUT2D eigenvalue weighted by Crippen LogP contribution is -2.39. The van der Waals surface area contributed by atoms with Crippen molar-refractivity contribution < 1.29 is 8.42 Å². The largest absolute Gasteiger partial charge is 0.241 e. The molecule has 1 saturated carbocycles. The minimum absolute atomic E-state index is 0.0734. The number of hydrogen-bond donors (Lipinski definition) is 1. The molecule has 0 unspecified atom stereocenters. The second kappa shape index (κ2) is 6.32. The van der Waals surface area contributed by atoms with Gasteiger partial charge in [-0.2, -0.15) is 0 Å². The molecule has 0 aliphatic heterocycles. The van der Waals surface area contributed by atoms with Crippen molar-refractivity contribution in [3.8, 4) is 0 Å². The molecular weight excluding hydrogens is 294 g/mol. The molecule has 1 aromatic rings. The minimum atomic E-state index is -3.41. The van der Waals surface area contributed by atoms with Crippen LogP contribution in [0.25, 0.3) is 0 Å². The van der Waals surface area contributed by atoms with Crippen LogP contribution in [-0.2, 0) is 10.0 Å². The Balaban J connectivity index is 2.05. The monoisotopic (exact) mass is 323 g/mol. The highest BCUT2D eigenvalue weighted by molar-refractivity contribution is 7.89. The van der Waals surface area contributed by atoms with Crippen LogP contribution in [0.1, 0.15) is 57.6 Å². The number of benzene rings is 1. The van der Waals surface area contributed by atoms with E-state index in [4.69, 9.17) is 0 Å². The van der Waals surface area contributed by atoms with E-state index in [1.165, 1.54) is 0 Å². The summed E-state index contributed by atoms with van der Waals surface area (Å²) in [5.41, 5.74) is 2.22. The van der Waals surface area contributed by atoms with E-state index in [0.29, 0.717) is 16.2 Å². The summed E-state index contributed by atoms with van der Waals surface area (Å²) in [5, 5.41) is 0. The van der Waals surface area contributed by atoms with Crippen LogP contribution in [0.5, 0.6) is 0 Å². The molecule has 1 aliphatic rings. The first-order valence-electron chi connectivity index (χ1n) is 8.19. The maximum atomic E-state index is 12.6. The fourth-order valence-corrected chi connectivity index (χ4v) is 4.99. The molecule has 4 heteroatoms. The zero-order chi connectivity index (χ0) is 16.5. The van der Waals surface area contributed by atoms with E-state index in [-0.39, 0.29) is 6.04 Å². The molecule has 0 saturated heterocycles. The van der Waals surface area contributed by atoms with Gasteiger partial charge in [-0.05, 0) is 62.5 Å². The van der Waals surface area contributed by atoms with Gasteiger partial charge in [-0.3, -0.25) is 0 Å². The number of sulfonamides is 1.